The third-order valence-corrected chi connectivity index (χ3v) is 6.81. The highest BCUT2D eigenvalue weighted by molar-refractivity contribution is 7.98. The van der Waals surface area contributed by atoms with Gasteiger partial charge in [-0.25, -0.2) is 0 Å². The topological polar surface area (TPSA) is 69.0 Å². The average molecular weight is 485 g/mol. The van der Waals surface area contributed by atoms with E-state index in [1.54, 1.807) is 11.8 Å². The van der Waals surface area contributed by atoms with E-state index in [9.17, 15) is 4.79 Å². The Balaban J connectivity index is 1.33. The molecule has 1 atom stereocenters. The lowest BCUT2D eigenvalue weighted by molar-refractivity contribution is -0.121. The number of halogens is 1. The number of thioether (sulfide) groups is 1. The normalized spacial score (nSPS) is 15.6. The highest BCUT2D eigenvalue weighted by Gasteiger charge is 2.17. The highest BCUT2D eigenvalue weighted by atomic mass is 35.5. The van der Waals surface area contributed by atoms with Gasteiger partial charge in [-0.2, -0.15) is 0 Å². The fourth-order valence-electron chi connectivity index (χ4n) is 3.86. The zero-order valence-corrected chi connectivity index (χ0v) is 20.2. The summed E-state index contributed by atoms with van der Waals surface area (Å²) in [7, 11) is 0. The Kier molecular flexibility index (Phi) is 8.80. The van der Waals surface area contributed by atoms with Crippen molar-refractivity contribution in [2.45, 2.75) is 55.5 Å². The van der Waals surface area contributed by atoms with Crippen LogP contribution >= 0.6 is 23.4 Å². The minimum atomic E-state index is 0.0905. The Morgan fingerprint density at radius 1 is 1.15 bits per heavy atom. The Hall–Kier alpha value is -2.35. The van der Waals surface area contributed by atoms with Gasteiger partial charge < -0.3 is 10.1 Å². The lowest BCUT2D eigenvalue weighted by atomic mass is 10.1. The quantitative estimate of drug-likeness (QED) is 0.298. The van der Waals surface area contributed by atoms with Gasteiger partial charge in [0, 0.05) is 42.5 Å². The molecule has 174 valence electrons. The average Bonchev–Trinajstić information content (AvgIpc) is 3.50. The van der Waals surface area contributed by atoms with Crippen LogP contribution in [-0.2, 0) is 21.7 Å². The molecule has 1 unspecified atom stereocenters. The molecule has 0 aliphatic carbocycles. The summed E-state index contributed by atoms with van der Waals surface area (Å²) in [6, 6.07) is 18.0. The Morgan fingerprint density at radius 2 is 2.03 bits per heavy atom. The third-order valence-electron chi connectivity index (χ3n) is 5.58. The van der Waals surface area contributed by atoms with Crippen LogP contribution in [0.25, 0.3) is 5.69 Å². The monoisotopic (exact) mass is 484 g/mol. The molecule has 1 fully saturated rings. The van der Waals surface area contributed by atoms with E-state index in [1.807, 2.05) is 36.4 Å². The molecule has 1 aliphatic heterocycles. The predicted octanol–water partition coefficient (Wildman–Crippen LogP) is 5.22. The van der Waals surface area contributed by atoms with Crippen molar-refractivity contribution >= 4 is 29.3 Å². The number of nitrogens with zero attached hydrogens (tertiary/aromatic N) is 3. The summed E-state index contributed by atoms with van der Waals surface area (Å²) in [4.78, 5) is 12.1. The minimum absolute atomic E-state index is 0.0905. The van der Waals surface area contributed by atoms with Gasteiger partial charge in [0.15, 0.2) is 5.16 Å². The van der Waals surface area contributed by atoms with Crippen molar-refractivity contribution < 1.29 is 9.53 Å². The zero-order valence-electron chi connectivity index (χ0n) is 18.6. The lowest BCUT2D eigenvalue weighted by Crippen LogP contribution is -2.31. The van der Waals surface area contributed by atoms with Crippen LogP contribution in [0.5, 0.6) is 0 Å². The number of nitrogens with one attached hydrogen (secondary N) is 1. The molecule has 1 aliphatic rings. The van der Waals surface area contributed by atoms with Gasteiger partial charge in [0.05, 0.1) is 6.10 Å². The van der Waals surface area contributed by atoms with Gasteiger partial charge in [0.1, 0.15) is 5.82 Å². The van der Waals surface area contributed by atoms with E-state index in [1.165, 1.54) is 0 Å². The molecule has 1 N–H and O–H groups in total. The van der Waals surface area contributed by atoms with Crippen molar-refractivity contribution in [2.75, 3.05) is 13.2 Å². The van der Waals surface area contributed by atoms with Crippen LogP contribution in [0.2, 0.25) is 5.02 Å². The van der Waals surface area contributed by atoms with Crippen molar-refractivity contribution in [3.63, 3.8) is 0 Å². The van der Waals surface area contributed by atoms with E-state index >= 15 is 0 Å². The van der Waals surface area contributed by atoms with Crippen molar-refractivity contribution in [2.24, 2.45) is 0 Å². The van der Waals surface area contributed by atoms with Gasteiger partial charge in [-0.15, -0.1) is 10.2 Å². The summed E-state index contributed by atoms with van der Waals surface area (Å²) >= 11 is 7.77. The molecule has 6 nitrogen and oxygen atoms in total. The highest BCUT2D eigenvalue weighted by Crippen LogP contribution is 2.26. The zero-order chi connectivity index (χ0) is 22.9. The van der Waals surface area contributed by atoms with Gasteiger partial charge in [0.25, 0.3) is 0 Å². The van der Waals surface area contributed by atoms with Gasteiger partial charge in [-0.3, -0.25) is 9.36 Å². The molecule has 3 aromatic rings. The predicted molar refractivity (Wildman–Crippen MR) is 132 cm³/mol. The number of aryl methyl sites for hydroxylation is 1. The number of ether oxygens (including phenoxy) is 1. The van der Waals surface area contributed by atoms with Crippen LogP contribution in [0.3, 0.4) is 0 Å². The summed E-state index contributed by atoms with van der Waals surface area (Å²) in [5, 5.41) is 13.5. The van der Waals surface area contributed by atoms with E-state index in [2.05, 4.69) is 38.3 Å². The molecule has 0 spiro atoms. The molecule has 2 heterocycles. The summed E-state index contributed by atoms with van der Waals surface area (Å²) < 4.78 is 7.67. The minimum Gasteiger partial charge on any atom is -0.376 e. The Morgan fingerprint density at radius 3 is 2.82 bits per heavy atom. The number of unbranched alkanes of at least 4 members (excludes halogenated alkanes) is 1. The largest absolute Gasteiger partial charge is 0.376 e. The molecule has 8 heteroatoms. The number of carbonyl (C=O) groups is 1. The number of amides is 1. The van der Waals surface area contributed by atoms with E-state index in [4.69, 9.17) is 16.3 Å². The summed E-state index contributed by atoms with van der Waals surface area (Å²) in [6.45, 7) is 1.43. The molecule has 33 heavy (non-hydrogen) atoms. The smallest absolute Gasteiger partial charge is 0.220 e. The number of aromatic nitrogens is 3. The van der Waals surface area contributed by atoms with Crippen LogP contribution in [0.4, 0.5) is 0 Å². The maximum atomic E-state index is 12.1. The Labute approximate surface area is 204 Å². The second-order valence-electron chi connectivity index (χ2n) is 8.13. The molecule has 1 amide bonds. The SMILES string of the molecule is O=C(CCCCc1nnc(SCc2cccc(Cl)c2)n1-c1ccccc1)NCC1CCCO1. The summed E-state index contributed by atoms with van der Waals surface area (Å²) in [5.74, 6) is 1.76. The molecule has 1 saturated heterocycles. The first-order chi connectivity index (χ1) is 16.2. The molecular weight excluding hydrogens is 456 g/mol. The third kappa shape index (κ3) is 7.06. The number of carbonyl (C=O) groups excluding carboxylic acids is 1. The van der Waals surface area contributed by atoms with E-state index < -0.39 is 0 Å². The van der Waals surface area contributed by atoms with E-state index in [0.29, 0.717) is 13.0 Å². The van der Waals surface area contributed by atoms with Crippen molar-refractivity contribution in [3.8, 4) is 5.69 Å². The standard InChI is InChI=1S/C25H29ClN4O2S/c26-20-9-6-8-19(16-20)18-33-25-29-28-23(30(25)21-10-2-1-3-11-21)13-4-5-14-24(31)27-17-22-12-7-15-32-22/h1-3,6,8-11,16,22H,4-5,7,12-15,17-18H2,(H,27,31). The number of hydrogen-bond acceptors (Lipinski definition) is 5. The first-order valence-electron chi connectivity index (χ1n) is 11.4. The molecule has 2 aromatic carbocycles. The molecular formula is C25H29ClN4O2S. The van der Waals surface area contributed by atoms with E-state index in [-0.39, 0.29) is 12.0 Å². The molecule has 1 aromatic heterocycles. The second kappa shape index (κ2) is 12.2. The Bertz CT molecular complexity index is 1040. The fourth-order valence-corrected chi connectivity index (χ4v) is 4.98. The molecule has 0 saturated carbocycles. The van der Waals surface area contributed by atoms with Crippen LogP contribution in [0.15, 0.2) is 59.8 Å². The molecule has 0 bridgehead atoms. The van der Waals surface area contributed by atoms with Gasteiger partial charge >= 0.3 is 0 Å². The van der Waals surface area contributed by atoms with Gasteiger partial charge in [-0.1, -0.05) is 53.7 Å². The summed E-state index contributed by atoms with van der Waals surface area (Å²) in [6.07, 6.45) is 5.26. The lowest BCUT2D eigenvalue weighted by Gasteiger charge is -2.11. The van der Waals surface area contributed by atoms with Crippen molar-refractivity contribution in [3.05, 3.63) is 71.0 Å². The number of rotatable bonds is 11. The molecule has 4 rings (SSSR count). The fraction of sp³-hybridized carbons (Fsp3) is 0.400. The first-order valence-corrected chi connectivity index (χ1v) is 12.8. The second-order valence-corrected chi connectivity index (χ2v) is 9.51. The maximum absolute atomic E-state index is 12.1. The number of para-hydroxylation sites is 1. The maximum Gasteiger partial charge on any atom is 0.220 e. The van der Waals surface area contributed by atoms with Gasteiger partial charge in [0.2, 0.25) is 5.91 Å². The van der Waals surface area contributed by atoms with Crippen molar-refractivity contribution in [1.82, 2.24) is 20.1 Å². The first kappa shape index (κ1) is 23.8. The van der Waals surface area contributed by atoms with Crippen LogP contribution in [-0.4, -0.2) is 39.9 Å². The molecule has 0 radical (unpaired) electrons. The van der Waals surface area contributed by atoms with E-state index in [0.717, 1.165) is 71.7 Å². The van der Waals surface area contributed by atoms with Crippen molar-refractivity contribution in [1.29, 1.82) is 0 Å². The number of benzene rings is 2. The summed E-state index contributed by atoms with van der Waals surface area (Å²) in [5.41, 5.74) is 2.19. The van der Waals surface area contributed by atoms with Crippen LogP contribution in [0, 0.1) is 0 Å². The van der Waals surface area contributed by atoms with Crippen LogP contribution < -0.4 is 5.32 Å². The van der Waals surface area contributed by atoms with Crippen LogP contribution in [0.1, 0.15) is 43.5 Å². The van der Waals surface area contributed by atoms with Gasteiger partial charge in [-0.05, 0) is 55.5 Å². The number of hydrogen-bond donors (Lipinski definition) is 1.